The van der Waals surface area contributed by atoms with Crippen molar-refractivity contribution in [2.45, 2.75) is 83.0 Å². The summed E-state index contributed by atoms with van der Waals surface area (Å²) >= 11 is 0. The minimum atomic E-state index is -1.14. The van der Waals surface area contributed by atoms with E-state index >= 15 is 0 Å². The van der Waals surface area contributed by atoms with Gasteiger partial charge in [0.05, 0.1) is 6.20 Å². The second-order valence-corrected chi connectivity index (χ2v) is 23.1. The van der Waals surface area contributed by atoms with Crippen molar-refractivity contribution in [1.29, 1.82) is 0 Å². The molecule has 0 aliphatic heterocycles. The Labute approximate surface area is 202 Å². The average Bonchev–Trinajstić information content (AvgIpc) is 3.20. The molecule has 2 aromatic heterocycles. The summed E-state index contributed by atoms with van der Waals surface area (Å²) in [4.78, 5) is 7.14. The SMILES string of the molecule is C=C1CCC(c2cc(N(COCC[Si](C)(C)C)COCC[Si](C)(C)C)n3nccc3n2)CC1. The van der Waals surface area contributed by atoms with Gasteiger partial charge in [0.25, 0.3) is 0 Å². The molecule has 1 aliphatic rings. The largest absolute Gasteiger partial charge is 0.361 e. The molecule has 8 heteroatoms. The van der Waals surface area contributed by atoms with Gasteiger partial charge in [0, 0.05) is 53.1 Å². The number of anilines is 1. The smallest absolute Gasteiger partial charge is 0.157 e. The highest BCUT2D eigenvalue weighted by Crippen LogP contribution is 2.35. The Morgan fingerprint density at radius 3 is 2.12 bits per heavy atom. The molecule has 0 radical (unpaired) electrons. The molecular formula is C25H44N4O2Si2. The van der Waals surface area contributed by atoms with Gasteiger partial charge in [-0.25, -0.2) is 4.98 Å². The monoisotopic (exact) mass is 488 g/mol. The number of ether oxygens (including phenoxy) is 2. The van der Waals surface area contributed by atoms with Crippen molar-refractivity contribution in [3.8, 4) is 0 Å². The van der Waals surface area contributed by atoms with Crippen LogP contribution in [-0.2, 0) is 9.47 Å². The maximum Gasteiger partial charge on any atom is 0.157 e. The number of aromatic nitrogens is 3. The standard InChI is InChI=1S/C25H44N4O2Si2/c1-21-8-10-22(11-9-21)23-18-25(29-24(27-23)12-13-26-29)28(19-30-14-16-32(2,3)4)20-31-15-17-33(5,6)7/h12-13,18,22H,1,8-11,14-17,19-20H2,2-7H3. The lowest BCUT2D eigenvalue weighted by Crippen LogP contribution is -2.33. The summed E-state index contributed by atoms with van der Waals surface area (Å²) in [6.07, 6.45) is 6.25. The van der Waals surface area contributed by atoms with Crippen LogP contribution >= 0.6 is 0 Å². The number of rotatable bonds is 12. The van der Waals surface area contributed by atoms with E-state index in [4.69, 9.17) is 14.5 Å². The summed E-state index contributed by atoms with van der Waals surface area (Å²) in [6, 6.07) is 6.51. The van der Waals surface area contributed by atoms with Crippen molar-refractivity contribution in [2.75, 3.05) is 31.6 Å². The van der Waals surface area contributed by atoms with E-state index in [1.165, 1.54) is 5.57 Å². The zero-order valence-corrected chi connectivity index (χ0v) is 23.7. The lowest BCUT2D eigenvalue weighted by atomic mass is 9.84. The van der Waals surface area contributed by atoms with E-state index in [0.717, 1.165) is 68.1 Å². The van der Waals surface area contributed by atoms with Crippen molar-refractivity contribution < 1.29 is 9.47 Å². The second-order valence-electron chi connectivity index (χ2n) is 11.9. The molecule has 184 valence electrons. The highest BCUT2D eigenvalue weighted by atomic mass is 28.3. The molecule has 1 fully saturated rings. The van der Waals surface area contributed by atoms with E-state index in [2.05, 4.69) is 61.9 Å². The van der Waals surface area contributed by atoms with Crippen LogP contribution in [-0.4, -0.2) is 57.4 Å². The molecular weight excluding hydrogens is 444 g/mol. The predicted molar refractivity (Wildman–Crippen MR) is 144 cm³/mol. The Hall–Kier alpha value is -1.49. The summed E-state index contributed by atoms with van der Waals surface area (Å²) in [5, 5.41) is 4.57. The van der Waals surface area contributed by atoms with Crippen molar-refractivity contribution >= 4 is 27.6 Å². The molecule has 2 aromatic rings. The zero-order valence-electron chi connectivity index (χ0n) is 21.7. The molecule has 1 saturated carbocycles. The van der Waals surface area contributed by atoms with Crippen LogP contribution in [0.3, 0.4) is 0 Å². The maximum absolute atomic E-state index is 6.17. The van der Waals surface area contributed by atoms with Gasteiger partial charge in [-0.05, 0) is 37.8 Å². The maximum atomic E-state index is 6.17. The molecule has 1 aliphatic carbocycles. The second kappa shape index (κ2) is 11.3. The van der Waals surface area contributed by atoms with Crippen LogP contribution in [0.5, 0.6) is 0 Å². The van der Waals surface area contributed by atoms with Crippen LogP contribution in [0.15, 0.2) is 30.5 Å². The third-order valence-electron chi connectivity index (χ3n) is 6.28. The fourth-order valence-corrected chi connectivity index (χ4v) is 5.46. The van der Waals surface area contributed by atoms with Gasteiger partial charge in [0.2, 0.25) is 0 Å². The Morgan fingerprint density at radius 1 is 1.00 bits per heavy atom. The van der Waals surface area contributed by atoms with Gasteiger partial charge in [-0.15, -0.1) is 0 Å². The fraction of sp³-hybridized carbons (Fsp3) is 0.680. The Balaban J connectivity index is 1.79. The van der Waals surface area contributed by atoms with E-state index in [-0.39, 0.29) is 0 Å². The van der Waals surface area contributed by atoms with Crippen molar-refractivity contribution in [3.05, 3.63) is 36.2 Å². The lowest BCUT2D eigenvalue weighted by molar-refractivity contribution is 0.0942. The van der Waals surface area contributed by atoms with Gasteiger partial charge < -0.3 is 14.4 Å². The molecule has 0 spiro atoms. The predicted octanol–water partition coefficient (Wildman–Crippen LogP) is 6.37. The molecule has 0 bridgehead atoms. The van der Waals surface area contributed by atoms with E-state index in [1.54, 1.807) is 0 Å². The molecule has 2 heterocycles. The first-order chi connectivity index (χ1) is 15.5. The normalized spacial score (nSPS) is 16.0. The van der Waals surface area contributed by atoms with Gasteiger partial charge in [-0.3, -0.25) is 0 Å². The van der Waals surface area contributed by atoms with Crippen LogP contribution in [0, 0.1) is 0 Å². The molecule has 6 nitrogen and oxygen atoms in total. The minimum absolute atomic E-state index is 0.469. The number of hydrogen-bond donors (Lipinski definition) is 0. The van der Waals surface area contributed by atoms with E-state index < -0.39 is 16.1 Å². The lowest BCUT2D eigenvalue weighted by Gasteiger charge is -2.28. The number of allylic oxidation sites excluding steroid dienone is 1. The topological polar surface area (TPSA) is 51.9 Å². The van der Waals surface area contributed by atoms with Crippen molar-refractivity contribution in [3.63, 3.8) is 0 Å². The highest BCUT2D eigenvalue weighted by molar-refractivity contribution is 6.76. The molecule has 3 rings (SSSR count). The van der Waals surface area contributed by atoms with Crippen LogP contribution < -0.4 is 4.90 Å². The first-order valence-electron chi connectivity index (χ1n) is 12.4. The van der Waals surface area contributed by atoms with Gasteiger partial charge >= 0.3 is 0 Å². The van der Waals surface area contributed by atoms with E-state index in [9.17, 15) is 0 Å². The summed E-state index contributed by atoms with van der Waals surface area (Å²) < 4.78 is 14.3. The summed E-state index contributed by atoms with van der Waals surface area (Å²) in [6.45, 7) is 21.0. The Bertz CT molecular complexity index is 885. The first kappa shape index (κ1) is 26.1. The van der Waals surface area contributed by atoms with Crippen LogP contribution in [0.25, 0.3) is 5.65 Å². The summed E-state index contributed by atoms with van der Waals surface area (Å²) in [5.41, 5.74) is 3.41. The first-order valence-corrected chi connectivity index (χ1v) is 19.8. The molecule has 0 N–H and O–H groups in total. The highest BCUT2D eigenvalue weighted by Gasteiger charge is 2.23. The molecule has 0 atom stereocenters. The molecule has 0 saturated heterocycles. The Morgan fingerprint density at radius 2 is 1.58 bits per heavy atom. The quantitative estimate of drug-likeness (QED) is 0.150. The van der Waals surface area contributed by atoms with Gasteiger partial charge in [-0.2, -0.15) is 9.61 Å². The third-order valence-corrected chi connectivity index (χ3v) is 9.69. The summed E-state index contributed by atoms with van der Waals surface area (Å²) in [5.74, 6) is 1.47. The van der Waals surface area contributed by atoms with Gasteiger partial charge in [-0.1, -0.05) is 51.4 Å². The van der Waals surface area contributed by atoms with Gasteiger partial charge in [0.1, 0.15) is 19.3 Å². The van der Waals surface area contributed by atoms with Crippen LogP contribution in [0.1, 0.15) is 37.3 Å². The summed E-state index contributed by atoms with van der Waals surface area (Å²) in [7, 11) is -2.27. The average molecular weight is 489 g/mol. The van der Waals surface area contributed by atoms with Crippen molar-refractivity contribution in [2.24, 2.45) is 0 Å². The number of hydrogen-bond acceptors (Lipinski definition) is 5. The van der Waals surface area contributed by atoms with Gasteiger partial charge in [0.15, 0.2) is 5.65 Å². The molecule has 0 aromatic carbocycles. The molecule has 0 unspecified atom stereocenters. The van der Waals surface area contributed by atoms with E-state index in [0.29, 0.717) is 19.4 Å². The van der Waals surface area contributed by atoms with Crippen molar-refractivity contribution in [1.82, 2.24) is 14.6 Å². The number of nitrogens with zero attached hydrogens (tertiary/aromatic N) is 4. The Kier molecular flexibility index (Phi) is 8.94. The molecule has 0 amide bonds. The third kappa shape index (κ3) is 8.35. The fourth-order valence-electron chi connectivity index (χ4n) is 3.95. The zero-order chi connectivity index (χ0) is 24.1. The number of fused-ring (bicyclic) bond motifs is 1. The molecule has 33 heavy (non-hydrogen) atoms. The van der Waals surface area contributed by atoms with Crippen LogP contribution in [0.4, 0.5) is 5.82 Å². The van der Waals surface area contributed by atoms with Crippen LogP contribution in [0.2, 0.25) is 51.4 Å². The minimum Gasteiger partial charge on any atom is -0.361 e. The van der Waals surface area contributed by atoms with E-state index in [1.807, 2.05) is 16.8 Å².